The van der Waals surface area contributed by atoms with Crippen molar-refractivity contribution in [3.63, 3.8) is 0 Å². The zero-order valence-electron chi connectivity index (χ0n) is 15.6. The first-order chi connectivity index (χ1) is 12.8. The lowest BCUT2D eigenvalue weighted by atomic mass is 10.1. The summed E-state index contributed by atoms with van der Waals surface area (Å²) in [5.74, 6) is 1.59. The highest BCUT2D eigenvalue weighted by atomic mass is 32.2. The molecule has 1 aliphatic heterocycles. The van der Waals surface area contributed by atoms with Crippen molar-refractivity contribution in [3.8, 4) is 11.5 Å². The summed E-state index contributed by atoms with van der Waals surface area (Å²) in [7, 11) is 1.68. The Morgan fingerprint density at radius 3 is 2.77 bits per heavy atom. The molecule has 0 spiro atoms. The number of rotatable bonds is 9. The Morgan fingerprint density at radius 1 is 1.15 bits per heavy atom. The Bertz CT molecular complexity index is 705. The van der Waals surface area contributed by atoms with Crippen molar-refractivity contribution in [2.24, 2.45) is 0 Å². The molecular weight excluding hydrogens is 346 g/mol. The molecule has 3 rings (SSSR count). The number of methoxy groups -OCH3 is 1. The summed E-state index contributed by atoms with van der Waals surface area (Å²) in [4.78, 5) is 11.3. The number of aromatic nitrogens is 2. The largest absolute Gasteiger partial charge is 0.493 e. The van der Waals surface area contributed by atoms with Crippen LogP contribution in [0.3, 0.4) is 0 Å². The van der Waals surface area contributed by atoms with Crippen molar-refractivity contribution in [3.05, 3.63) is 41.7 Å². The number of likely N-dealkylation sites (tertiary alicyclic amines) is 1. The van der Waals surface area contributed by atoms with Gasteiger partial charge in [-0.15, -0.1) is 0 Å². The van der Waals surface area contributed by atoms with Crippen molar-refractivity contribution in [1.29, 1.82) is 0 Å². The quantitative estimate of drug-likeness (QED) is 0.380. The van der Waals surface area contributed by atoms with E-state index in [-0.39, 0.29) is 0 Å². The van der Waals surface area contributed by atoms with Gasteiger partial charge in [-0.3, -0.25) is 0 Å². The first-order valence-electron chi connectivity index (χ1n) is 9.16. The summed E-state index contributed by atoms with van der Waals surface area (Å²) in [6.45, 7) is 4.28. The van der Waals surface area contributed by atoms with Crippen LogP contribution in [0.15, 0.2) is 35.6 Å². The van der Waals surface area contributed by atoms with E-state index in [0.717, 1.165) is 47.3 Å². The lowest BCUT2D eigenvalue weighted by Gasteiger charge is -2.16. The molecule has 1 aliphatic rings. The molecule has 0 saturated carbocycles. The Hall–Kier alpha value is -1.79. The molecule has 0 bridgehead atoms. The SMILES string of the molecule is COc1ccc(Cc2ccnc(SC)n2)cc1OCCCN1CCCC1. The summed E-state index contributed by atoms with van der Waals surface area (Å²) >= 11 is 1.56. The molecule has 1 saturated heterocycles. The molecule has 26 heavy (non-hydrogen) atoms. The molecule has 2 aromatic rings. The topological polar surface area (TPSA) is 47.5 Å². The van der Waals surface area contributed by atoms with Gasteiger partial charge in [0.25, 0.3) is 0 Å². The van der Waals surface area contributed by atoms with Gasteiger partial charge in [-0.25, -0.2) is 9.97 Å². The molecule has 5 nitrogen and oxygen atoms in total. The fourth-order valence-corrected chi connectivity index (χ4v) is 3.58. The molecule has 0 N–H and O–H groups in total. The van der Waals surface area contributed by atoms with Gasteiger partial charge in [0.05, 0.1) is 13.7 Å². The molecule has 1 fully saturated rings. The van der Waals surface area contributed by atoms with Gasteiger partial charge in [0, 0.05) is 24.9 Å². The summed E-state index contributed by atoms with van der Waals surface area (Å²) in [6.07, 6.45) is 8.25. The Labute approximate surface area is 160 Å². The van der Waals surface area contributed by atoms with E-state index >= 15 is 0 Å². The monoisotopic (exact) mass is 373 g/mol. The van der Waals surface area contributed by atoms with Crippen LogP contribution in [0.4, 0.5) is 0 Å². The highest BCUT2D eigenvalue weighted by molar-refractivity contribution is 7.98. The van der Waals surface area contributed by atoms with Gasteiger partial charge in [0.1, 0.15) is 0 Å². The maximum Gasteiger partial charge on any atom is 0.187 e. The maximum absolute atomic E-state index is 6.02. The molecule has 0 unspecified atom stereocenters. The first kappa shape index (κ1) is 19.0. The number of thioether (sulfide) groups is 1. The first-order valence-corrected chi connectivity index (χ1v) is 10.4. The van der Waals surface area contributed by atoms with E-state index in [1.165, 1.54) is 25.9 Å². The zero-order chi connectivity index (χ0) is 18.2. The van der Waals surface area contributed by atoms with Gasteiger partial charge in [-0.1, -0.05) is 17.8 Å². The molecule has 0 aliphatic carbocycles. The molecule has 6 heteroatoms. The van der Waals surface area contributed by atoms with Gasteiger partial charge in [-0.05, 0) is 62.4 Å². The summed E-state index contributed by atoms with van der Waals surface area (Å²) < 4.78 is 11.5. The van der Waals surface area contributed by atoms with Crippen LogP contribution in [0.5, 0.6) is 11.5 Å². The van der Waals surface area contributed by atoms with Gasteiger partial charge < -0.3 is 14.4 Å². The third kappa shape index (κ3) is 5.35. The standard InChI is InChI=1S/C20H27N3O2S/c1-24-18-7-6-16(14-17-8-9-21-20(22-17)26-2)15-19(18)25-13-5-12-23-10-3-4-11-23/h6-9,15H,3-5,10-14H2,1-2H3. The predicted molar refractivity (Wildman–Crippen MR) is 105 cm³/mol. The molecule has 1 aromatic carbocycles. The van der Waals surface area contributed by atoms with Gasteiger partial charge in [0.2, 0.25) is 0 Å². The van der Waals surface area contributed by atoms with Crippen LogP contribution in [-0.4, -0.2) is 54.5 Å². The van der Waals surface area contributed by atoms with E-state index in [0.29, 0.717) is 6.61 Å². The Kier molecular flexibility index (Phi) is 7.14. The third-order valence-corrected chi connectivity index (χ3v) is 5.12. The van der Waals surface area contributed by atoms with Crippen molar-refractivity contribution in [2.45, 2.75) is 30.8 Å². The van der Waals surface area contributed by atoms with E-state index < -0.39 is 0 Å². The molecule has 0 atom stereocenters. The molecule has 2 heterocycles. The van der Waals surface area contributed by atoms with Crippen molar-refractivity contribution >= 4 is 11.8 Å². The molecule has 140 valence electrons. The average Bonchev–Trinajstić information content (AvgIpc) is 3.19. The van der Waals surface area contributed by atoms with Crippen LogP contribution < -0.4 is 9.47 Å². The predicted octanol–water partition coefficient (Wildman–Crippen LogP) is 3.66. The smallest absolute Gasteiger partial charge is 0.187 e. The summed E-state index contributed by atoms with van der Waals surface area (Å²) in [6, 6.07) is 8.06. The molecule has 0 amide bonds. The van der Waals surface area contributed by atoms with E-state index in [2.05, 4.69) is 27.0 Å². The van der Waals surface area contributed by atoms with E-state index in [4.69, 9.17) is 9.47 Å². The van der Waals surface area contributed by atoms with Gasteiger partial charge >= 0.3 is 0 Å². The van der Waals surface area contributed by atoms with Crippen LogP contribution in [0.2, 0.25) is 0 Å². The van der Waals surface area contributed by atoms with Crippen LogP contribution in [0.1, 0.15) is 30.5 Å². The zero-order valence-corrected chi connectivity index (χ0v) is 16.4. The van der Waals surface area contributed by atoms with Crippen LogP contribution in [-0.2, 0) is 6.42 Å². The second-order valence-electron chi connectivity index (χ2n) is 6.45. The minimum Gasteiger partial charge on any atom is -0.493 e. The normalized spacial score (nSPS) is 14.5. The number of ether oxygens (including phenoxy) is 2. The van der Waals surface area contributed by atoms with Crippen molar-refractivity contribution in [2.75, 3.05) is 39.6 Å². The van der Waals surface area contributed by atoms with Crippen LogP contribution in [0, 0.1) is 0 Å². The minimum absolute atomic E-state index is 0.709. The Balaban J connectivity index is 1.59. The Morgan fingerprint density at radius 2 is 2.00 bits per heavy atom. The fourth-order valence-electron chi connectivity index (χ4n) is 3.20. The third-order valence-electron chi connectivity index (χ3n) is 4.56. The highest BCUT2D eigenvalue weighted by Crippen LogP contribution is 2.29. The maximum atomic E-state index is 6.02. The van der Waals surface area contributed by atoms with Gasteiger partial charge in [-0.2, -0.15) is 0 Å². The average molecular weight is 374 g/mol. The van der Waals surface area contributed by atoms with Crippen LogP contribution >= 0.6 is 11.8 Å². The van der Waals surface area contributed by atoms with E-state index in [9.17, 15) is 0 Å². The number of hydrogen-bond acceptors (Lipinski definition) is 6. The summed E-state index contributed by atoms with van der Waals surface area (Å²) in [5.41, 5.74) is 2.17. The lowest BCUT2D eigenvalue weighted by molar-refractivity contribution is 0.254. The van der Waals surface area contributed by atoms with Crippen molar-refractivity contribution < 1.29 is 9.47 Å². The van der Waals surface area contributed by atoms with Gasteiger partial charge in [0.15, 0.2) is 16.7 Å². The fraction of sp³-hybridized carbons (Fsp3) is 0.500. The molecule has 0 radical (unpaired) electrons. The molecular formula is C20H27N3O2S. The lowest BCUT2D eigenvalue weighted by Crippen LogP contribution is -2.21. The van der Waals surface area contributed by atoms with Crippen LogP contribution in [0.25, 0.3) is 0 Å². The minimum atomic E-state index is 0.709. The van der Waals surface area contributed by atoms with Crippen molar-refractivity contribution in [1.82, 2.24) is 14.9 Å². The van der Waals surface area contributed by atoms with E-state index in [1.807, 2.05) is 24.6 Å². The number of benzene rings is 1. The highest BCUT2D eigenvalue weighted by Gasteiger charge is 2.11. The second-order valence-corrected chi connectivity index (χ2v) is 7.22. The molecule has 1 aromatic heterocycles. The number of hydrogen-bond donors (Lipinski definition) is 0. The number of nitrogens with zero attached hydrogens (tertiary/aromatic N) is 3. The summed E-state index contributed by atoms with van der Waals surface area (Å²) in [5, 5.41) is 0.800. The van der Waals surface area contributed by atoms with E-state index in [1.54, 1.807) is 18.9 Å². The second kappa shape index (κ2) is 9.78.